The highest BCUT2D eigenvalue weighted by Gasteiger charge is 2.75. The molecule has 4 saturated carbocycles. The molecule has 8 N–H and O–H groups in total. The molecular weight excluding hydrogens is 656 g/mol. The maximum absolute atomic E-state index is 14.3. The lowest BCUT2D eigenvalue weighted by atomic mass is 9.42. The number of hydrogen-bond acceptors (Lipinski definition) is 8. The highest BCUT2D eigenvalue weighted by molar-refractivity contribution is 5.95. The van der Waals surface area contributed by atoms with E-state index in [4.69, 9.17) is 15.2 Å². The number of epoxide rings is 1. The van der Waals surface area contributed by atoms with E-state index in [9.17, 15) is 25.2 Å². The van der Waals surface area contributed by atoms with E-state index in [1.807, 2.05) is 19.9 Å². The summed E-state index contributed by atoms with van der Waals surface area (Å²) < 4.78 is 13.8. The summed E-state index contributed by atoms with van der Waals surface area (Å²) in [6.07, 6.45) is 16.2. The van der Waals surface area contributed by atoms with Crippen molar-refractivity contribution in [1.82, 2.24) is 0 Å². The number of ether oxygens (including phenoxy) is 2. The Kier molecular flexibility index (Phi) is 9.75. The number of piperidine rings is 1. The van der Waals surface area contributed by atoms with Gasteiger partial charge in [-0.05, 0) is 143 Å². The van der Waals surface area contributed by atoms with Crippen LogP contribution in [0.3, 0.4) is 0 Å². The average molecular weight is 728 g/mol. The second-order valence-corrected chi connectivity index (χ2v) is 20.4. The quantitative estimate of drug-likeness (QED) is 0.193. The van der Waals surface area contributed by atoms with Gasteiger partial charge in [-0.15, -0.1) is 0 Å². The summed E-state index contributed by atoms with van der Waals surface area (Å²) in [5, 5.41) is 49.7. The molecular formula is C43H71N2O7+. The van der Waals surface area contributed by atoms with Crippen molar-refractivity contribution in [1.29, 1.82) is 0 Å². The third-order valence-corrected chi connectivity index (χ3v) is 17.9. The zero-order valence-corrected chi connectivity index (χ0v) is 32.7. The highest BCUT2D eigenvalue weighted by Crippen LogP contribution is 2.72. The number of rotatable bonds is 9. The van der Waals surface area contributed by atoms with E-state index < -0.39 is 39.8 Å². The molecule has 0 amide bonds. The lowest BCUT2D eigenvalue weighted by molar-refractivity contribution is -0.699. The van der Waals surface area contributed by atoms with E-state index in [1.54, 1.807) is 0 Å². The molecule has 8 rings (SSSR count). The summed E-state index contributed by atoms with van der Waals surface area (Å²) >= 11 is 0. The van der Waals surface area contributed by atoms with Crippen LogP contribution in [0.5, 0.6) is 0 Å². The first kappa shape index (κ1) is 38.0. The van der Waals surface area contributed by atoms with Crippen LogP contribution >= 0.6 is 0 Å². The van der Waals surface area contributed by atoms with Gasteiger partial charge in [-0.25, -0.2) is 0 Å². The van der Waals surface area contributed by atoms with Gasteiger partial charge in [0.05, 0.1) is 30.5 Å². The molecule has 3 aliphatic heterocycles. The average Bonchev–Trinajstić information content (AvgIpc) is 3.66. The lowest BCUT2D eigenvalue weighted by Crippen LogP contribution is -2.94. The Labute approximate surface area is 312 Å². The largest absolute Gasteiger partial charge is 0.396 e. The van der Waals surface area contributed by atoms with Crippen LogP contribution in [0.1, 0.15) is 137 Å². The summed E-state index contributed by atoms with van der Waals surface area (Å²) in [7, 11) is 0. The second kappa shape index (κ2) is 13.3. The molecule has 0 bridgehead atoms. The van der Waals surface area contributed by atoms with Gasteiger partial charge in [-0.1, -0.05) is 33.6 Å². The summed E-state index contributed by atoms with van der Waals surface area (Å²) in [4.78, 5) is 14.3. The van der Waals surface area contributed by atoms with Gasteiger partial charge >= 0.3 is 0 Å². The number of nitrogens with two attached hydrogens (primary N) is 2. The number of ketones is 1. The SMILES string of the molecule is CC1CCOC(C2OC2C(C)(O)C(C)(CO)CCC2CC[NH2+]C(N)C2)(C2CCC3(O)C4=CC(=O)C5CC(O)CCC5(C5CCCC5)C4CCC23C)C1. The standard InChI is InChI=1S/C43H70N2O7/c1-26-14-20-51-42(24-26,37-36(52-37)40(4,49)38(2,25-46)15-9-27-13-19-45-35(44)21-27)34-12-18-43(50)31-23-33(48)32-22-29(47)10-17-41(32,28-7-5-6-8-28)30(31)11-16-39(34,43)3/h23,26-30,32,34-37,45-47,49-50H,5-22,24-25,44H2,1-4H3/p+1. The van der Waals surface area contributed by atoms with Crippen LogP contribution in [0.4, 0.5) is 0 Å². The second-order valence-electron chi connectivity index (χ2n) is 20.4. The van der Waals surface area contributed by atoms with E-state index in [0.717, 1.165) is 89.2 Å². The zero-order chi connectivity index (χ0) is 36.9. The maximum Gasteiger partial charge on any atom is 0.159 e. The summed E-state index contributed by atoms with van der Waals surface area (Å²) in [6, 6.07) is 0. The van der Waals surface area contributed by atoms with Crippen LogP contribution in [0, 0.1) is 51.8 Å². The molecule has 7 fully saturated rings. The van der Waals surface area contributed by atoms with Crippen molar-refractivity contribution >= 4 is 5.78 Å². The molecule has 9 nitrogen and oxygen atoms in total. The Balaban J connectivity index is 1.10. The molecule has 0 aromatic heterocycles. The Morgan fingerprint density at radius 2 is 1.79 bits per heavy atom. The van der Waals surface area contributed by atoms with Crippen molar-refractivity contribution in [3.05, 3.63) is 11.6 Å². The Morgan fingerprint density at radius 3 is 2.50 bits per heavy atom. The van der Waals surface area contributed by atoms with Gasteiger partial charge in [0, 0.05) is 29.8 Å². The van der Waals surface area contributed by atoms with Gasteiger partial charge in [-0.2, -0.15) is 0 Å². The van der Waals surface area contributed by atoms with Crippen molar-refractivity contribution < 1.29 is 40.0 Å². The van der Waals surface area contributed by atoms with Crippen LogP contribution < -0.4 is 11.1 Å². The Morgan fingerprint density at radius 1 is 1.02 bits per heavy atom. The maximum atomic E-state index is 14.3. The normalized spacial score (nSPS) is 50.4. The van der Waals surface area contributed by atoms with Gasteiger partial charge in [0.1, 0.15) is 24.0 Å². The number of carbonyl (C=O) groups is 1. The highest BCUT2D eigenvalue weighted by atomic mass is 16.6. The first-order valence-electron chi connectivity index (χ1n) is 21.5. The van der Waals surface area contributed by atoms with Crippen LogP contribution in [-0.4, -0.2) is 87.2 Å². The molecule has 3 saturated heterocycles. The van der Waals surface area contributed by atoms with Crippen molar-refractivity contribution in [2.24, 2.45) is 57.5 Å². The number of fused-ring (bicyclic) bond motifs is 5. The molecule has 8 aliphatic rings. The molecule has 294 valence electrons. The van der Waals surface area contributed by atoms with Crippen molar-refractivity contribution in [3.63, 3.8) is 0 Å². The smallest absolute Gasteiger partial charge is 0.159 e. The fraction of sp³-hybridized carbons (Fsp3) is 0.930. The summed E-state index contributed by atoms with van der Waals surface area (Å²) in [5.74, 6) is 1.50. The first-order chi connectivity index (χ1) is 24.6. The monoisotopic (exact) mass is 728 g/mol. The lowest BCUT2D eigenvalue weighted by Gasteiger charge is -2.63. The predicted octanol–water partition coefficient (Wildman–Crippen LogP) is 4.13. The molecule has 3 heterocycles. The number of aliphatic hydroxyl groups excluding tert-OH is 2. The van der Waals surface area contributed by atoms with Crippen LogP contribution in [0.2, 0.25) is 0 Å². The predicted molar refractivity (Wildman–Crippen MR) is 198 cm³/mol. The molecule has 0 spiro atoms. The molecule has 5 aliphatic carbocycles. The number of quaternary nitrogens is 1. The number of hydrogen-bond donors (Lipinski definition) is 6. The van der Waals surface area contributed by atoms with E-state index >= 15 is 0 Å². The molecule has 0 radical (unpaired) electrons. The molecule has 0 aromatic carbocycles. The molecule has 0 aromatic rings. The van der Waals surface area contributed by atoms with Crippen LogP contribution in [0.25, 0.3) is 0 Å². The van der Waals surface area contributed by atoms with E-state index in [0.29, 0.717) is 43.6 Å². The van der Waals surface area contributed by atoms with Crippen molar-refractivity contribution in [2.75, 3.05) is 19.8 Å². The minimum absolute atomic E-state index is 0.0100. The fourth-order valence-electron chi connectivity index (χ4n) is 14.5. The number of carbonyl (C=O) groups excluding carboxylic acids is 1. The molecule has 15 atom stereocenters. The Hall–Kier alpha value is -0.910. The van der Waals surface area contributed by atoms with Crippen molar-refractivity contribution in [3.8, 4) is 0 Å². The van der Waals surface area contributed by atoms with Crippen LogP contribution in [0.15, 0.2) is 11.6 Å². The molecule has 52 heavy (non-hydrogen) atoms. The number of aliphatic hydroxyl groups is 4. The first-order valence-corrected chi connectivity index (χ1v) is 21.5. The molecule has 9 heteroatoms. The Bertz CT molecular complexity index is 1400. The van der Waals surface area contributed by atoms with E-state index in [-0.39, 0.29) is 47.8 Å². The van der Waals surface area contributed by atoms with Gasteiger partial charge in [-0.3, -0.25) is 10.5 Å². The fourth-order valence-corrected chi connectivity index (χ4v) is 14.5. The summed E-state index contributed by atoms with van der Waals surface area (Å²) in [6.45, 7) is 9.96. The number of allylic oxidation sites excluding steroid dienone is 1. The minimum atomic E-state index is -1.29. The van der Waals surface area contributed by atoms with Crippen LogP contribution in [-0.2, 0) is 14.3 Å². The van der Waals surface area contributed by atoms with Gasteiger partial charge < -0.3 is 35.2 Å². The topological polar surface area (TPSA) is 162 Å². The van der Waals surface area contributed by atoms with E-state index in [2.05, 4.69) is 19.2 Å². The molecule has 15 unspecified atom stereocenters. The van der Waals surface area contributed by atoms with Gasteiger partial charge in [0.15, 0.2) is 5.78 Å². The third-order valence-electron chi connectivity index (χ3n) is 17.9. The zero-order valence-electron chi connectivity index (χ0n) is 32.7. The third kappa shape index (κ3) is 5.54. The van der Waals surface area contributed by atoms with Gasteiger partial charge in [0.2, 0.25) is 0 Å². The minimum Gasteiger partial charge on any atom is -0.396 e. The van der Waals surface area contributed by atoms with Crippen molar-refractivity contribution in [2.45, 2.75) is 178 Å². The van der Waals surface area contributed by atoms with Gasteiger partial charge in [0.25, 0.3) is 0 Å². The van der Waals surface area contributed by atoms with E-state index in [1.165, 1.54) is 12.8 Å². The summed E-state index contributed by atoms with van der Waals surface area (Å²) in [5.41, 5.74) is 2.72.